The first kappa shape index (κ1) is 16.0. The molecule has 0 saturated heterocycles. The third-order valence-corrected chi connectivity index (χ3v) is 5.32. The van der Waals surface area contributed by atoms with E-state index < -0.39 is 10.0 Å². The quantitative estimate of drug-likeness (QED) is 0.457. The normalized spacial score (nSPS) is 11.8. The third kappa shape index (κ3) is 4.52. The van der Waals surface area contributed by atoms with Crippen LogP contribution in [0.3, 0.4) is 0 Å². The number of carbonyl (C=O) groups is 1. The van der Waals surface area contributed by atoms with E-state index in [0.29, 0.717) is 0 Å². The number of esters is 1. The van der Waals surface area contributed by atoms with Gasteiger partial charge in [0.15, 0.2) is 5.94 Å². The Hall–Kier alpha value is -1.05. The summed E-state index contributed by atoms with van der Waals surface area (Å²) in [4.78, 5) is 11.4. The average Bonchev–Trinajstić information content (AvgIpc) is 2.39. The molecule has 1 aromatic rings. The molecule has 0 radical (unpaired) electrons. The van der Waals surface area contributed by atoms with Crippen molar-refractivity contribution in [3.05, 3.63) is 30.3 Å². The molecule has 0 N–H and O–H groups in total. The molecule has 0 amide bonds. The van der Waals surface area contributed by atoms with E-state index in [4.69, 9.17) is 4.74 Å². The third-order valence-electron chi connectivity index (χ3n) is 2.29. The highest BCUT2D eigenvalue weighted by Gasteiger charge is 2.21. The first-order chi connectivity index (χ1) is 8.85. The zero-order valence-corrected chi connectivity index (χ0v) is 12.7. The smallest absolute Gasteiger partial charge is 0.309 e. The van der Waals surface area contributed by atoms with E-state index in [-0.39, 0.29) is 22.7 Å². The second kappa shape index (κ2) is 6.93. The van der Waals surface area contributed by atoms with Gasteiger partial charge in [-0.2, -0.15) is 0 Å². The van der Waals surface area contributed by atoms with Gasteiger partial charge in [-0.3, -0.25) is 4.79 Å². The molecule has 0 bridgehead atoms. The number of rotatable bonds is 6. The number of benzene rings is 1. The highest BCUT2D eigenvalue weighted by atomic mass is 32.3. The Kier molecular flexibility index (Phi) is 5.84. The van der Waals surface area contributed by atoms with Gasteiger partial charge in [0.25, 0.3) is 10.0 Å². The first-order valence-corrected chi connectivity index (χ1v) is 8.07. The van der Waals surface area contributed by atoms with Crippen molar-refractivity contribution in [3.63, 3.8) is 0 Å². The van der Waals surface area contributed by atoms with Crippen LogP contribution >= 0.6 is 11.9 Å². The van der Waals surface area contributed by atoms with Gasteiger partial charge in [-0.25, -0.2) is 8.42 Å². The second-order valence-corrected chi connectivity index (χ2v) is 7.33. The Morgan fingerprint density at radius 2 is 1.89 bits per heavy atom. The molecule has 0 aliphatic heterocycles. The van der Waals surface area contributed by atoms with Crippen LogP contribution in [0.2, 0.25) is 0 Å². The van der Waals surface area contributed by atoms with Crippen molar-refractivity contribution in [3.8, 4) is 0 Å². The van der Waals surface area contributed by atoms with Crippen molar-refractivity contribution in [2.75, 3.05) is 13.0 Å². The lowest BCUT2D eigenvalue weighted by Crippen LogP contribution is -2.22. The lowest BCUT2D eigenvalue weighted by atomic mass is 10.2. The van der Waals surface area contributed by atoms with Crippen molar-refractivity contribution in [2.24, 2.45) is 5.92 Å². The zero-order chi connectivity index (χ0) is 14.5. The summed E-state index contributed by atoms with van der Waals surface area (Å²) in [5.74, 6) is -0.603. The van der Waals surface area contributed by atoms with E-state index >= 15 is 0 Å². The Morgan fingerprint density at radius 1 is 1.32 bits per heavy atom. The minimum absolute atomic E-state index is 0.0282. The molecule has 106 valence electrons. The fourth-order valence-electron chi connectivity index (χ4n) is 1.14. The van der Waals surface area contributed by atoms with Crippen LogP contribution in [-0.4, -0.2) is 31.1 Å². The molecule has 0 aromatic heterocycles. The summed E-state index contributed by atoms with van der Waals surface area (Å²) in [6, 6.07) is 8.10. The van der Waals surface area contributed by atoms with Crippen LogP contribution in [0.5, 0.6) is 0 Å². The number of ether oxygens (including phenoxy) is 1. The fourth-order valence-corrected chi connectivity index (χ4v) is 3.19. The van der Waals surface area contributed by atoms with Crippen LogP contribution in [0.15, 0.2) is 35.2 Å². The lowest BCUT2D eigenvalue weighted by Gasteiger charge is -2.16. The van der Waals surface area contributed by atoms with Crippen LogP contribution in [0.4, 0.5) is 0 Å². The molecule has 0 atom stereocenters. The molecule has 0 heterocycles. The highest BCUT2D eigenvalue weighted by Crippen LogP contribution is 2.20. The molecule has 0 unspecified atom stereocenters. The summed E-state index contributed by atoms with van der Waals surface area (Å²) in [5.41, 5.74) is 0. The van der Waals surface area contributed by atoms with Gasteiger partial charge in [-0.1, -0.05) is 32.0 Å². The molecular weight excluding hydrogens is 286 g/mol. The number of hydrogen-bond donors (Lipinski definition) is 0. The van der Waals surface area contributed by atoms with E-state index in [1.807, 2.05) is 0 Å². The Bertz CT molecular complexity index is 514. The standard InChI is InChI=1S/C12H17NO4S2/c1-10(2)12(14)17-9-18-13(3)19(15,16)11-7-5-4-6-8-11/h4-8,10H,9H2,1-3H3. The van der Waals surface area contributed by atoms with Crippen LogP contribution in [-0.2, 0) is 19.6 Å². The highest BCUT2D eigenvalue weighted by molar-refractivity contribution is 8.08. The predicted octanol–water partition coefficient (Wildman–Crippen LogP) is 2.11. The average molecular weight is 303 g/mol. The Balaban J connectivity index is 2.59. The van der Waals surface area contributed by atoms with Gasteiger partial charge in [0, 0.05) is 7.05 Å². The largest absolute Gasteiger partial charge is 0.453 e. The monoisotopic (exact) mass is 303 g/mol. The molecule has 19 heavy (non-hydrogen) atoms. The predicted molar refractivity (Wildman–Crippen MR) is 74.8 cm³/mol. The number of carbonyl (C=O) groups excluding carboxylic acids is 1. The molecular formula is C12H17NO4S2. The van der Waals surface area contributed by atoms with Crippen molar-refractivity contribution >= 4 is 27.9 Å². The lowest BCUT2D eigenvalue weighted by molar-refractivity contribution is -0.145. The van der Waals surface area contributed by atoms with Gasteiger partial charge in [-0.15, -0.1) is 3.71 Å². The van der Waals surface area contributed by atoms with Gasteiger partial charge < -0.3 is 4.74 Å². The van der Waals surface area contributed by atoms with Gasteiger partial charge in [0.1, 0.15) is 0 Å². The first-order valence-electron chi connectivity index (χ1n) is 5.69. The molecule has 0 saturated carbocycles. The summed E-state index contributed by atoms with van der Waals surface area (Å²) in [6.07, 6.45) is 0. The number of nitrogens with zero attached hydrogens (tertiary/aromatic N) is 1. The Labute approximate surface area is 118 Å². The van der Waals surface area contributed by atoms with Crippen LogP contribution < -0.4 is 0 Å². The van der Waals surface area contributed by atoms with E-state index in [9.17, 15) is 13.2 Å². The second-order valence-electron chi connectivity index (χ2n) is 4.09. The van der Waals surface area contributed by atoms with E-state index in [1.54, 1.807) is 32.0 Å². The van der Waals surface area contributed by atoms with E-state index in [0.717, 1.165) is 15.7 Å². The number of hydrogen-bond acceptors (Lipinski definition) is 5. The molecule has 7 heteroatoms. The Morgan fingerprint density at radius 3 is 2.42 bits per heavy atom. The maximum Gasteiger partial charge on any atom is 0.309 e. The van der Waals surface area contributed by atoms with Crippen molar-refractivity contribution < 1.29 is 17.9 Å². The summed E-state index contributed by atoms with van der Waals surface area (Å²) in [6.45, 7) is 3.44. The molecule has 0 aliphatic rings. The minimum atomic E-state index is -3.55. The van der Waals surface area contributed by atoms with Gasteiger partial charge in [-0.05, 0) is 24.1 Å². The molecule has 0 spiro atoms. The fraction of sp³-hybridized carbons (Fsp3) is 0.417. The summed E-state index contributed by atoms with van der Waals surface area (Å²) >= 11 is 0.926. The van der Waals surface area contributed by atoms with Gasteiger partial charge in [0.2, 0.25) is 0 Å². The topological polar surface area (TPSA) is 63.7 Å². The maximum atomic E-state index is 12.1. The molecule has 1 rings (SSSR count). The van der Waals surface area contributed by atoms with Crippen molar-refractivity contribution in [1.82, 2.24) is 3.71 Å². The van der Waals surface area contributed by atoms with Crippen molar-refractivity contribution in [1.29, 1.82) is 0 Å². The van der Waals surface area contributed by atoms with Crippen molar-refractivity contribution in [2.45, 2.75) is 18.7 Å². The maximum absolute atomic E-state index is 12.1. The van der Waals surface area contributed by atoms with Gasteiger partial charge >= 0.3 is 5.97 Å². The van der Waals surface area contributed by atoms with Gasteiger partial charge in [0.05, 0.1) is 10.8 Å². The van der Waals surface area contributed by atoms with E-state index in [1.165, 1.54) is 19.2 Å². The van der Waals surface area contributed by atoms with E-state index in [2.05, 4.69) is 0 Å². The molecule has 0 fully saturated rings. The van der Waals surface area contributed by atoms with Crippen LogP contribution in [0, 0.1) is 5.92 Å². The summed E-state index contributed by atoms with van der Waals surface area (Å²) in [7, 11) is -2.13. The number of sulfonamides is 1. The minimum Gasteiger partial charge on any atom is -0.453 e. The zero-order valence-electron chi connectivity index (χ0n) is 11.1. The molecule has 5 nitrogen and oxygen atoms in total. The summed E-state index contributed by atoms with van der Waals surface area (Å²) < 4.78 is 30.2. The molecule has 0 aliphatic carbocycles. The summed E-state index contributed by atoms with van der Waals surface area (Å²) in [5, 5.41) is 0. The molecule has 1 aromatic carbocycles. The van der Waals surface area contributed by atoms with Crippen LogP contribution in [0.25, 0.3) is 0 Å². The SMILES string of the molecule is CC(C)C(=O)OCSN(C)S(=O)(=O)c1ccccc1. The van der Waals surface area contributed by atoms with Crippen LogP contribution in [0.1, 0.15) is 13.8 Å².